The van der Waals surface area contributed by atoms with Gasteiger partial charge in [-0.1, -0.05) is 36.8 Å². The van der Waals surface area contributed by atoms with E-state index in [1.54, 1.807) is 37.4 Å². The highest BCUT2D eigenvalue weighted by atomic mass is 19.1. The minimum atomic E-state index is -1.88. The van der Waals surface area contributed by atoms with Crippen LogP contribution in [0.2, 0.25) is 0 Å². The summed E-state index contributed by atoms with van der Waals surface area (Å²) >= 11 is 0. The van der Waals surface area contributed by atoms with Crippen LogP contribution in [0.5, 0.6) is 0 Å². The van der Waals surface area contributed by atoms with E-state index in [1.165, 1.54) is 0 Å². The van der Waals surface area contributed by atoms with Crippen molar-refractivity contribution in [3.05, 3.63) is 35.9 Å². The molecule has 0 fully saturated rings. The summed E-state index contributed by atoms with van der Waals surface area (Å²) in [5, 5.41) is 9.05. The minimum absolute atomic E-state index is 0.220. The Kier molecular flexibility index (Phi) is 7.09. The van der Waals surface area contributed by atoms with E-state index in [9.17, 15) is 4.39 Å². The van der Waals surface area contributed by atoms with Gasteiger partial charge in [0.05, 0.1) is 0 Å². The van der Waals surface area contributed by atoms with Crippen LogP contribution in [0.4, 0.5) is 4.39 Å². The smallest absolute Gasteiger partial charge is 0.221 e. The van der Waals surface area contributed by atoms with Crippen molar-refractivity contribution in [1.29, 1.82) is 5.26 Å². The number of nitrogens with zero attached hydrogens (tertiary/aromatic N) is 1. The molecule has 4 heteroatoms. The highest BCUT2D eigenvalue weighted by molar-refractivity contribution is 5.28. The zero-order valence-electron chi connectivity index (χ0n) is 11.3. The zero-order chi connectivity index (χ0) is 14.0. The van der Waals surface area contributed by atoms with E-state index >= 15 is 0 Å². The second-order valence-corrected chi connectivity index (χ2v) is 4.40. The lowest BCUT2D eigenvalue weighted by Gasteiger charge is -2.17. The standard InChI is InChI=1S/C15H20FNO2/c1-18-13-19-11-7-3-6-10-15(16,12-17)14-8-4-2-5-9-14/h2,4-5,8-9H,3,6-7,10-11,13H2,1H3. The van der Waals surface area contributed by atoms with E-state index < -0.39 is 5.67 Å². The third-order valence-electron chi connectivity index (χ3n) is 2.92. The molecule has 0 aromatic heterocycles. The van der Waals surface area contributed by atoms with Gasteiger partial charge in [-0.25, -0.2) is 4.39 Å². The molecule has 19 heavy (non-hydrogen) atoms. The van der Waals surface area contributed by atoms with Gasteiger partial charge in [-0.15, -0.1) is 0 Å². The molecule has 0 radical (unpaired) electrons. The van der Waals surface area contributed by atoms with Gasteiger partial charge < -0.3 is 9.47 Å². The van der Waals surface area contributed by atoms with Crippen LogP contribution < -0.4 is 0 Å². The van der Waals surface area contributed by atoms with Gasteiger partial charge in [0.1, 0.15) is 12.9 Å². The molecular formula is C15H20FNO2. The van der Waals surface area contributed by atoms with Gasteiger partial charge in [-0.2, -0.15) is 5.26 Å². The molecule has 0 heterocycles. The summed E-state index contributed by atoms with van der Waals surface area (Å²) < 4.78 is 24.4. The highest BCUT2D eigenvalue weighted by Crippen LogP contribution is 2.31. The molecule has 0 aliphatic rings. The molecule has 0 bridgehead atoms. The molecule has 1 aromatic rings. The number of ether oxygens (including phenoxy) is 2. The molecule has 0 spiro atoms. The van der Waals surface area contributed by atoms with Crippen molar-refractivity contribution < 1.29 is 13.9 Å². The molecule has 1 unspecified atom stereocenters. The summed E-state index contributed by atoms with van der Waals surface area (Å²) in [7, 11) is 1.57. The Labute approximate surface area is 114 Å². The molecular weight excluding hydrogens is 245 g/mol. The second-order valence-electron chi connectivity index (χ2n) is 4.40. The molecule has 0 N–H and O–H groups in total. The quantitative estimate of drug-likeness (QED) is 0.506. The lowest BCUT2D eigenvalue weighted by atomic mass is 9.91. The predicted octanol–water partition coefficient (Wildman–Crippen LogP) is 3.56. The monoisotopic (exact) mass is 265 g/mol. The van der Waals surface area contributed by atoms with Crippen molar-refractivity contribution in [2.45, 2.75) is 31.4 Å². The first-order valence-electron chi connectivity index (χ1n) is 6.45. The van der Waals surface area contributed by atoms with E-state index in [1.807, 2.05) is 6.07 Å². The summed E-state index contributed by atoms with van der Waals surface area (Å²) in [5.74, 6) is 0. The van der Waals surface area contributed by atoms with Crippen molar-refractivity contribution in [2.75, 3.05) is 20.5 Å². The first-order valence-corrected chi connectivity index (χ1v) is 6.45. The van der Waals surface area contributed by atoms with E-state index in [4.69, 9.17) is 14.7 Å². The van der Waals surface area contributed by atoms with E-state index in [2.05, 4.69) is 0 Å². The molecule has 3 nitrogen and oxygen atoms in total. The second kappa shape index (κ2) is 8.63. The number of unbranched alkanes of at least 4 members (excludes halogenated alkanes) is 2. The van der Waals surface area contributed by atoms with Gasteiger partial charge in [-0.05, 0) is 19.3 Å². The number of benzene rings is 1. The van der Waals surface area contributed by atoms with E-state index in [0.717, 1.165) is 12.8 Å². The van der Waals surface area contributed by atoms with Crippen molar-refractivity contribution in [2.24, 2.45) is 0 Å². The number of methoxy groups -OCH3 is 1. The SMILES string of the molecule is COCOCCCCCC(F)(C#N)c1ccccc1. The summed E-state index contributed by atoms with van der Waals surface area (Å²) in [5.41, 5.74) is -1.44. The average molecular weight is 265 g/mol. The van der Waals surface area contributed by atoms with Crippen LogP contribution in [-0.2, 0) is 15.1 Å². The number of hydrogen-bond donors (Lipinski definition) is 0. The topological polar surface area (TPSA) is 42.2 Å². The maximum absolute atomic E-state index is 14.5. The summed E-state index contributed by atoms with van der Waals surface area (Å²) in [6.07, 6.45) is 2.57. The molecule has 1 rings (SSSR count). The molecule has 0 aliphatic carbocycles. The number of alkyl halides is 1. The van der Waals surface area contributed by atoms with Crippen molar-refractivity contribution in [3.63, 3.8) is 0 Å². The maximum atomic E-state index is 14.5. The Bertz CT molecular complexity index is 391. The lowest BCUT2D eigenvalue weighted by molar-refractivity contribution is -0.0317. The van der Waals surface area contributed by atoms with Gasteiger partial charge >= 0.3 is 0 Å². The Hall–Kier alpha value is -1.44. The number of rotatable bonds is 9. The van der Waals surface area contributed by atoms with Gasteiger partial charge in [0.2, 0.25) is 5.67 Å². The Balaban J connectivity index is 2.32. The summed E-state index contributed by atoms with van der Waals surface area (Å²) in [4.78, 5) is 0. The third kappa shape index (κ3) is 5.37. The Morgan fingerprint density at radius 3 is 2.58 bits per heavy atom. The first kappa shape index (κ1) is 15.6. The highest BCUT2D eigenvalue weighted by Gasteiger charge is 2.30. The van der Waals surface area contributed by atoms with Crippen LogP contribution >= 0.6 is 0 Å². The molecule has 104 valence electrons. The lowest BCUT2D eigenvalue weighted by Crippen LogP contribution is -2.17. The number of nitriles is 1. The van der Waals surface area contributed by atoms with Crippen molar-refractivity contribution >= 4 is 0 Å². The summed E-state index contributed by atoms with van der Waals surface area (Å²) in [6, 6.07) is 10.4. The average Bonchev–Trinajstić information content (AvgIpc) is 2.47. The molecule has 0 amide bonds. The van der Waals surface area contributed by atoms with Crippen LogP contribution in [0, 0.1) is 11.3 Å². The third-order valence-corrected chi connectivity index (χ3v) is 2.92. The number of hydrogen-bond acceptors (Lipinski definition) is 3. The predicted molar refractivity (Wildman–Crippen MR) is 71.1 cm³/mol. The van der Waals surface area contributed by atoms with Gasteiger partial charge in [0, 0.05) is 19.3 Å². The fraction of sp³-hybridized carbons (Fsp3) is 0.533. The van der Waals surface area contributed by atoms with E-state index in [0.29, 0.717) is 18.6 Å². The van der Waals surface area contributed by atoms with Gasteiger partial charge in [-0.3, -0.25) is 0 Å². The van der Waals surface area contributed by atoms with Crippen LogP contribution in [0.1, 0.15) is 31.2 Å². The normalized spacial score (nSPS) is 13.7. The summed E-state index contributed by atoms with van der Waals surface area (Å²) in [6.45, 7) is 0.889. The van der Waals surface area contributed by atoms with Gasteiger partial charge in [0.25, 0.3) is 0 Å². The van der Waals surface area contributed by atoms with Crippen LogP contribution in [0.15, 0.2) is 30.3 Å². The van der Waals surface area contributed by atoms with Crippen LogP contribution in [0.25, 0.3) is 0 Å². The Morgan fingerprint density at radius 1 is 1.21 bits per heavy atom. The van der Waals surface area contributed by atoms with Crippen molar-refractivity contribution in [3.8, 4) is 6.07 Å². The number of halogens is 1. The fourth-order valence-corrected chi connectivity index (χ4v) is 1.86. The minimum Gasteiger partial charge on any atom is -0.359 e. The fourth-order valence-electron chi connectivity index (χ4n) is 1.86. The first-order chi connectivity index (χ1) is 9.23. The molecule has 1 atom stereocenters. The van der Waals surface area contributed by atoms with E-state index in [-0.39, 0.29) is 13.2 Å². The largest absolute Gasteiger partial charge is 0.359 e. The zero-order valence-corrected chi connectivity index (χ0v) is 11.3. The van der Waals surface area contributed by atoms with Crippen LogP contribution in [-0.4, -0.2) is 20.5 Å². The van der Waals surface area contributed by atoms with Crippen LogP contribution in [0.3, 0.4) is 0 Å². The molecule has 0 aliphatic heterocycles. The maximum Gasteiger partial charge on any atom is 0.221 e. The molecule has 0 saturated heterocycles. The molecule has 0 saturated carbocycles. The molecule has 1 aromatic carbocycles. The van der Waals surface area contributed by atoms with Gasteiger partial charge in [0.15, 0.2) is 0 Å². The Morgan fingerprint density at radius 2 is 1.95 bits per heavy atom. The van der Waals surface area contributed by atoms with Crippen molar-refractivity contribution in [1.82, 2.24) is 0 Å².